The molecule has 0 aliphatic rings. The van der Waals surface area contributed by atoms with E-state index in [-0.39, 0.29) is 5.25 Å². The summed E-state index contributed by atoms with van der Waals surface area (Å²) in [6.07, 6.45) is 0. The van der Waals surface area contributed by atoms with Crippen molar-refractivity contribution in [1.82, 2.24) is 4.98 Å². The standard InChI is InChI=1S/C15H17BrN2S/c1-10-7-11(2)18-15(8-10)19-14(9-17)12-5-3-4-6-13(12)16/h3-8,14H,9,17H2,1-2H3. The molecule has 0 amide bonds. The monoisotopic (exact) mass is 336 g/mol. The van der Waals surface area contributed by atoms with Crippen LogP contribution in [0.2, 0.25) is 0 Å². The normalized spacial score (nSPS) is 12.4. The van der Waals surface area contributed by atoms with E-state index in [0.717, 1.165) is 15.2 Å². The van der Waals surface area contributed by atoms with Crippen molar-refractivity contribution < 1.29 is 0 Å². The minimum Gasteiger partial charge on any atom is -0.329 e. The predicted octanol–water partition coefficient (Wildman–Crippen LogP) is 4.25. The van der Waals surface area contributed by atoms with Gasteiger partial charge in [0.05, 0.1) is 5.03 Å². The molecule has 100 valence electrons. The number of rotatable bonds is 4. The quantitative estimate of drug-likeness (QED) is 0.848. The zero-order valence-electron chi connectivity index (χ0n) is 11.1. The molecule has 0 aliphatic heterocycles. The molecular formula is C15H17BrN2S. The molecule has 1 heterocycles. The van der Waals surface area contributed by atoms with Crippen molar-refractivity contribution in [3.05, 3.63) is 57.7 Å². The van der Waals surface area contributed by atoms with Crippen LogP contribution in [0.25, 0.3) is 0 Å². The first-order chi connectivity index (χ1) is 9.10. The summed E-state index contributed by atoms with van der Waals surface area (Å²) in [6, 6.07) is 12.4. The van der Waals surface area contributed by atoms with E-state index in [9.17, 15) is 0 Å². The summed E-state index contributed by atoms with van der Waals surface area (Å²) in [4.78, 5) is 4.57. The lowest BCUT2D eigenvalue weighted by Crippen LogP contribution is -2.10. The van der Waals surface area contributed by atoms with Crippen molar-refractivity contribution >= 4 is 27.7 Å². The highest BCUT2D eigenvalue weighted by Crippen LogP contribution is 2.37. The molecule has 2 aromatic rings. The van der Waals surface area contributed by atoms with Crippen LogP contribution in [0.5, 0.6) is 0 Å². The Labute approximate surface area is 126 Å². The van der Waals surface area contributed by atoms with Crippen LogP contribution in [0.15, 0.2) is 45.9 Å². The van der Waals surface area contributed by atoms with Crippen LogP contribution in [0.1, 0.15) is 22.1 Å². The van der Waals surface area contributed by atoms with Crippen molar-refractivity contribution in [2.75, 3.05) is 6.54 Å². The van der Waals surface area contributed by atoms with Crippen LogP contribution in [0, 0.1) is 13.8 Å². The van der Waals surface area contributed by atoms with E-state index in [1.54, 1.807) is 11.8 Å². The van der Waals surface area contributed by atoms with Crippen molar-refractivity contribution in [1.29, 1.82) is 0 Å². The van der Waals surface area contributed by atoms with Gasteiger partial charge >= 0.3 is 0 Å². The third-order valence-corrected chi connectivity index (χ3v) is 4.71. The number of nitrogens with two attached hydrogens (primary N) is 1. The summed E-state index contributed by atoms with van der Waals surface area (Å²) in [6.45, 7) is 4.70. The fraction of sp³-hybridized carbons (Fsp3) is 0.267. The molecule has 0 saturated heterocycles. The van der Waals surface area contributed by atoms with E-state index in [1.807, 2.05) is 25.1 Å². The number of halogens is 1. The Bertz CT molecular complexity index is 552. The van der Waals surface area contributed by atoms with Crippen LogP contribution >= 0.6 is 27.7 Å². The largest absolute Gasteiger partial charge is 0.329 e. The fourth-order valence-corrected chi connectivity index (χ4v) is 3.87. The average Bonchev–Trinajstić information content (AvgIpc) is 2.36. The Balaban J connectivity index is 2.26. The molecule has 2 nitrogen and oxygen atoms in total. The number of nitrogens with zero attached hydrogens (tertiary/aromatic N) is 1. The number of aryl methyl sites for hydroxylation is 2. The highest BCUT2D eigenvalue weighted by atomic mass is 79.9. The van der Waals surface area contributed by atoms with E-state index in [1.165, 1.54) is 11.1 Å². The first kappa shape index (κ1) is 14.6. The molecule has 0 spiro atoms. The van der Waals surface area contributed by atoms with Crippen LogP contribution in [0.3, 0.4) is 0 Å². The molecule has 1 atom stereocenters. The number of benzene rings is 1. The van der Waals surface area contributed by atoms with Gasteiger partial charge in [-0.3, -0.25) is 0 Å². The maximum atomic E-state index is 5.93. The van der Waals surface area contributed by atoms with E-state index < -0.39 is 0 Å². The number of aromatic nitrogens is 1. The molecule has 2 N–H and O–H groups in total. The summed E-state index contributed by atoms with van der Waals surface area (Å²) in [5.41, 5.74) is 9.43. The van der Waals surface area contributed by atoms with E-state index in [2.05, 4.69) is 46.0 Å². The maximum Gasteiger partial charge on any atom is 0.0972 e. The first-order valence-corrected chi connectivity index (χ1v) is 7.84. The van der Waals surface area contributed by atoms with Gasteiger partial charge in [-0.25, -0.2) is 4.98 Å². The highest BCUT2D eigenvalue weighted by Gasteiger charge is 2.15. The molecule has 0 bridgehead atoms. The zero-order chi connectivity index (χ0) is 13.8. The lowest BCUT2D eigenvalue weighted by Gasteiger charge is -2.16. The summed E-state index contributed by atoms with van der Waals surface area (Å²) in [5.74, 6) is 0. The fourth-order valence-electron chi connectivity index (χ4n) is 1.99. The summed E-state index contributed by atoms with van der Waals surface area (Å²) in [7, 11) is 0. The molecule has 1 unspecified atom stereocenters. The van der Waals surface area contributed by atoms with Gasteiger partial charge in [0, 0.05) is 22.0 Å². The minimum atomic E-state index is 0.212. The van der Waals surface area contributed by atoms with Gasteiger partial charge < -0.3 is 5.73 Å². The van der Waals surface area contributed by atoms with E-state index in [4.69, 9.17) is 5.73 Å². The smallest absolute Gasteiger partial charge is 0.0972 e. The molecule has 0 saturated carbocycles. The molecule has 0 radical (unpaired) electrons. The van der Waals surface area contributed by atoms with Gasteiger partial charge in [-0.2, -0.15) is 0 Å². The van der Waals surface area contributed by atoms with Crippen LogP contribution in [-0.4, -0.2) is 11.5 Å². The number of hydrogen-bond acceptors (Lipinski definition) is 3. The molecule has 2 rings (SSSR count). The predicted molar refractivity (Wildman–Crippen MR) is 85.5 cm³/mol. The van der Waals surface area contributed by atoms with Gasteiger partial charge in [-0.1, -0.05) is 45.9 Å². The Kier molecular flexibility index (Phi) is 5.02. The number of pyridine rings is 1. The Morgan fingerprint density at radius 1 is 1.26 bits per heavy atom. The first-order valence-electron chi connectivity index (χ1n) is 6.16. The zero-order valence-corrected chi connectivity index (χ0v) is 13.5. The van der Waals surface area contributed by atoms with Gasteiger partial charge in [0.1, 0.15) is 0 Å². The minimum absolute atomic E-state index is 0.212. The van der Waals surface area contributed by atoms with Gasteiger partial charge in [-0.05, 0) is 43.2 Å². The molecule has 0 aliphatic carbocycles. The van der Waals surface area contributed by atoms with Crippen molar-refractivity contribution in [3.63, 3.8) is 0 Å². The third kappa shape index (κ3) is 3.81. The molecule has 0 fully saturated rings. The molecule has 1 aromatic carbocycles. The van der Waals surface area contributed by atoms with Crippen molar-refractivity contribution in [2.24, 2.45) is 5.73 Å². The average molecular weight is 337 g/mol. The number of hydrogen-bond donors (Lipinski definition) is 1. The second kappa shape index (κ2) is 6.55. The summed E-state index contributed by atoms with van der Waals surface area (Å²) in [5, 5.41) is 1.24. The van der Waals surface area contributed by atoms with Crippen molar-refractivity contribution in [2.45, 2.75) is 24.1 Å². The molecule has 4 heteroatoms. The van der Waals surface area contributed by atoms with Gasteiger partial charge in [-0.15, -0.1) is 0 Å². The van der Waals surface area contributed by atoms with Gasteiger partial charge in [0.15, 0.2) is 0 Å². The lowest BCUT2D eigenvalue weighted by atomic mass is 10.1. The maximum absolute atomic E-state index is 5.93. The van der Waals surface area contributed by atoms with E-state index >= 15 is 0 Å². The number of thioether (sulfide) groups is 1. The third-order valence-electron chi connectivity index (χ3n) is 2.80. The molecule has 1 aromatic heterocycles. The Morgan fingerprint density at radius 2 is 2.00 bits per heavy atom. The van der Waals surface area contributed by atoms with Crippen LogP contribution in [0.4, 0.5) is 0 Å². The van der Waals surface area contributed by atoms with Crippen molar-refractivity contribution in [3.8, 4) is 0 Å². The summed E-state index contributed by atoms with van der Waals surface area (Å²) >= 11 is 5.31. The van der Waals surface area contributed by atoms with Crippen LogP contribution in [-0.2, 0) is 0 Å². The molecule has 19 heavy (non-hydrogen) atoms. The highest BCUT2D eigenvalue weighted by molar-refractivity contribution is 9.10. The van der Waals surface area contributed by atoms with Gasteiger partial charge in [0.25, 0.3) is 0 Å². The molecular weight excluding hydrogens is 320 g/mol. The second-order valence-corrected chi connectivity index (χ2v) is 6.57. The second-order valence-electron chi connectivity index (χ2n) is 4.49. The summed E-state index contributed by atoms with van der Waals surface area (Å²) < 4.78 is 1.10. The topological polar surface area (TPSA) is 38.9 Å². The lowest BCUT2D eigenvalue weighted by molar-refractivity contribution is 0.926. The van der Waals surface area contributed by atoms with Gasteiger partial charge in [0.2, 0.25) is 0 Å². The Hall–Kier alpha value is -0.840. The Morgan fingerprint density at radius 3 is 2.63 bits per heavy atom. The van der Waals surface area contributed by atoms with Crippen LogP contribution < -0.4 is 5.73 Å². The van der Waals surface area contributed by atoms with E-state index in [0.29, 0.717) is 6.54 Å². The SMILES string of the molecule is Cc1cc(C)nc(SC(CN)c2ccccc2Br)c1.